The van der Waals surface area contributed by atoms with Gasteiger partial charge in [-0.15, -0.1) is 0 Å². The van der Waals surface area contributed by atoms with Crippen LogP contribution in [0, 0.1) is 0 Å². The minimum atomic E-state index is -1.70. The van der Waals surface area contributed by atoms with Crippen LogP contribution in [0.3, 0.4) is 0 Å². The van der Waals surface area contributed by atoms with Crippen LogP contribution in [0.4, 0.5) is 5.69 Å². The first-order valence-electron chi connectivity index (χ1n) is 25.1. The Kier molecular flexibility index (Phi) is 23.8. The van der Waals surface area contributed by atoms with E-state index in [2.05, 4.69) is 67.5 Å². The molecular formula is C54H69N11O10S2. The quantitative estimate of drug-likeness (QED) is 0.0166. The third-order valence-electron chi connectivity index (χ3n) is 12.6. The van der Waals surface area contributed by atoms with Crippen molar-refractivity contribution < 1.29 is 48.6 Å². The minimum Gasteiger partial charge on any atom is -0.480 e. The van der Waals surface area contributed by atoms with E-state index >= 15 is 0 Å². The third-order valence-corrected chi connectivity index (χ3v) is 13.3. The molecule has 0 saturated heterocycles. The van der Waals surface area contributed by atoms with Crippen LogP contribution in [-0.4, -0.2) is 135 Å². The summed E-state index contributed by atoms with van der Waals surface area (Å²) in [6.45, 7) is 1.47. The van der Waals surface area contributed by atoms with Crippen molar-refractivity contribution in [2.24, 2.45) is 11.5 Å². The van der Waals surface area contributed by atoms with E-state index < -0.39 is 102 Å². The van der Waals surface area contributed by atoms with Crippen LogP contribution < -0.4 is 54.4 Å². The van der Waals surface area contributed by atoms with Crippen LogP contribution in [0.25, 0.3) is 10.9 Å². The zero-order chi connectivity index (χ0) is 56.0. The molecule has 1 heterocycles. The lowest BCUT2D eigenvalue weighted by Crippen LogP contribution is -2.62. The van der Waals surface area contributed by atoms with Gasteiger partial charge in [0.1, 0.15) is 42.3 Å². The molecule has 0 aliphatic heterocycles. The largest absolute Gasteiger partial charge is 0.480 e. The van der Waals surface area contributed by atoms with Gasteiger partial charge in [0.15, 0.2) is 0 Å². The van der Waals surface area contributed by atoms with Gasteiger partial charge < -0.3 is 69.6 Å². The Morgan fingerprint density at radius 3 is 1.47 bits per heavy atom. The summed E-state index contributed by atoms with van der Waals surface area (Å²) in [6, 6.07) is 20.4. The number of aliphatic hydroxyl groups is 1. The number of nitrogens with two attached hydrogens (primary N) is 3. The molecule has 1 aromatic heterocycles. The Hall–Kier alpha value is -7.44. The molecule has 0 radical (unpaired) electrons. The van der Waals surface area contributed by atoms with E-state index in [1.54, 1.807) is 97.2 Å². The molecule has 23 heteroatoms. The number of carbonyl (C=O) groups excluding carboxylic acids is 7. The van der Waals surface area contributed by atoms with Crippen LogP contribution in [0.5, 0.6) is 0 Å². The van der Waals surface area contributed by atoms with Gasteiger partial charge in [0.05, 0.1) is 12.1 Å². The zero-order valence-electron chi connectivity index (χ0n) is 42.5. The standard InChI is InChI=1S/C54H69N11O10S2/c1-31(66)46(53(73)63-43(25-33-14-6-3-7-15-33)51(71)64-45(30-77)54(74)75)65-48(68)40(18-10-11-23-55)59-52(72)44(27-35-28-58-39-17-9-8-16-37(35)39)62-50(70)42(26-34-19-21-36(56)22-20-34)61-49(69)41(60-47(67)38(57)29-76)24-32-12-4-2-5-13-32/h2-9,12-17,19-22,28,31,38,40-46,58,66,76-77H,10-11,18,23-27,29-30,55-57H2,1H3,(H,59,72)(H,60,67)(H,61,69)(H,62,70)(H,63,73)(H,64,71)(H,65,68)(H,74,75)/t31-,38+,40+,41+,42+,43+,44+,45+,46+/m1/s1. The Morgan fingerprint density at radius 2 is 0.974 bits per heavy atom. The number of amides is 7. The van der Waals surface area contributed by atoms with Crippen molar-refractivity contribution >= 4 is 89.2 Å². The highest BCUT2D eigenvalue weighted by Crippen LogP contribution is 2.20. The molecule has 9 atom stereocenters. The van der Waals surface area contributed by atoms with Crippen LogP contribution in [0.2, 0.25) is 0 Å². The maximum atomic E-state index is 14.8. The molecule has 77 heavy (non-hydrogen) atoms. The van der Waals surface area contributed by atoms with Gasteiger partial charge in [-0.25, -0.2) is 4.79 Å². The predicted molar refractivity (Wildman–Crippen MR) is 298 cm³/mol. The average Bonchev–Trinajstić information content (AvgIpc) is 3.83. The number of rotatable bonds is 30. The lowest BCUT2D eigenvalue weighted by molar-refractivity contribution is -0.141. The molecule has 4 aromatic carbocycles. The van der Waals surface area contributed by atoms with Crippen molar-refractivity contribution in [2.75, 3.05) is 23.8 Å². The number of anilines is 1. The summed E-state index contributed by atoms with van der Waals surface area (Å²) in [4.78, 5) is 114. The van der Waals surface area contributed by atoms with Gasteiger partial charge in [-0.2, -0.15) is 25.3 Å². The monoisotopic (exact) mass is 1100 g/mol. The van der Waals surface area contributed by atoms with Crippen molar-refractivity contribution in [3.8, 4) is 0 Å². The smallest absolute Gasteiger partial charge is 0.327 e. The topological polar surface area (TPSA) is 355 Å². The Bertz CT molecular complexity index is 2770. The number of nitrogens with one attached hydrogen (secondary N) is 8. The van der Waals surface area contributed by atoms with E-state index in [9.17, 15) is 48.6 Å². The van der Waals surface area contributed by atoms with Crippen LogP contribution in [0.1, 0.15) is 48.4 Å². The highest BCUT2D eigenvalue weighted by molar-refractivity contribution is 7.80. The molecule has 0 bridgehead atoms. The number of hydrogen-bond donors (Lipinski definition) is 15. The summed E-state index contributed by atoms with van der Waals surface area (Å²) < 4.78 is 0. The normalized spacial score (nSPS) is 14.7. The van der Waals surface area contributed by atoms with Gasteiger partial charge in [-0.3, -0.25) is 33.6 Å². The van der Waals surface area contributed by atoms with Crippen molar-refractivity contribution in [1.29, 1.82) is 0 Å². The molecule has 0 spiro atoms. The van der Waals surface area contributed by atoms with Crippen molar-refractivity contribution in [3.05, 3.63) is 138 Å². The summed E-state index contributed by atoms with van der Waals surface area (Å²) in [5.41, 5.74) is 21.5. The lowest BCUT2D eigenvalue weighted by Gasteiger charge is -2.29. The first-order valence-corrected chi connectivity index (χ1v) is 26.4. The molecule has 412 valence electrons. The van der Waals surface area contributed by atoms with Gasteiger partial charge in [0, 0.05) is 60.0 Å². The van der Waals surface area contributed by atoms with Crippen LogP contribution >= 0.6 is 25.3 Å². The fraction of sp³-hybridized carbons (Fsp3) is 0.370. The number of nitrogen functional groups attached to an aromatic ring is 1. The van der Waals surface area contributed by atoms with Gasteiger partial charge in [0.2, 0.25) is 41.4 Å². The van der Waals surface area contributed by atoms with Crippen molar-refractivity contribution in [1.82, 2.24) is 42.2 Å². The Balaban J connectivity index is 1.45. The fourth-order valence-electron chi connectivity index (χ4n) is 8.27. The average molecular weight is 1100 g/mol. The van der Waals surface area contributed by atoms with Gasteiger partial charge in [0.25, 0.3) is 0 Å². The van der Waals surface area contributed by atoms with Crippen LogP contribution in [-0.2, 0) is 64.0 Å². The van der Waals surface area contributed by atoms with Crippen molar-refractivity contribution in [3.63, 3.8) is 0 Å². The maximum absolute atomic E-state index is 14.8. The van der Waals surface area contributed by atoms with E-state index in [1.165, 1.54) is 6.92 Å². The second-order valence-corrected chi connectivity index (χ2v) is 19.3. The number of H-pyrrole nitrogens is 1. The second-order valence-electron chi connectivity index (χ2n) is 18.6. The third kappa shape index (κ3) is 18.7. The molecule has 0 aliphatic rings. The first-order chi connectivity index (χ1) is 36.9. The number of unbranched alkanes of at least 4 members (excludes halogenated alkanes) is 1. The van der Waals surface area contributed by atoms with E-state index in [0.29, 0.717) is 40.8 Å². The molecule has 0 fully saturated rings. The number of aromatic nitrogens is 1. The number of aromatic amines is 1. The summed E-state index contributed by atoms with van der Waals surface area (Å²) in [5, 5.41) is 39.8. The molecule has 16 N–H and O–H groups in total. The number of carboxylic acid groups (broad SMARTS) is 1. The number of aliphatic carboxylic acids is 1. The number of carboxylic acids is 1. The van der Waals surface area contributed by atoms with Gasteiger partial charge in [-0.05, 0) is 73.2 Å². The summed E-state index contributed by atoms with van der Waals surface area (Å²) in [6.07, 6.45) is 0.534. The molecule has 5 aromatic rings. The number of hydrogen-bond acceptors (Lipinski definition) is 14. The van der Waals surface area contributed by atoms with E-state index in [1.807, 2.05) is 18.2 Å². The number of fused-ring (bicyclic) bond motifs is 1. The summed E-state index contributed by atoms with van der Waals surface area (Å²) in [7, 11) is 0. The second kappa shape index (κ2) is 30.3. The molecule has 21 nitrogen and oxygen atoms in total. The van der Waals surface area contributed by atoms with Crippen molar-refractivity contribution in [2.45, 2.75) is 106 Å². The minimum absolute atomic E-state index is 0.00954. The first kappa shape index (κ1) is 60.4. The number of aliphatic hydroxyl groups excluding tert-OH is 1. The van der Waals surface area contributed by atoms with Gasteiger partial charge >= 0.3 is 5.97 Å². The van der Waals surface area contributed by atoms with E-state index in [-0.39, 0.29) is 50.2 Å². The molecular weight excluding hydrogens is 1030 g/mol. The number of benzene rings is 4. The lowest BCUT2D eigenvalue weighted by atomic mass is 10.00. The molecule has 7 amide bonds. The Labute approximate surface area is 457 Å². The molecule has 0 unspecified atom stereocenters. The highest BCUT2D eigenvalue weighted by Gasteiger charge is 2.36. The fourth-order valence-corrected chi connectivity index (χ4v) is 8.68. The SMILES string of the molecule is C[C@@H](O)[C@H](NC(=O)[C@H](CCCCN)NC(=O)[C@H](Cc1c[nH]c2ccccc12)NC(=O)[C@H](Cc1ccc(N)cc1)NC(=O)[C@H](Cc1ccccc1)NC(=O)[C@@H](N)CS)C(=O)N[C@@H](Cc1ccccc1)C(=O)N[C@@H](CS)C(=O)O. The van der Waals surface area contributed by atoms with E-state index in [0.717, 1.165) is 10.9 Å². The van der Waals surface area contributed by atoms with Gasteiger partial charge in [-0.1, -0.05) is 91.0 Å². The summed E-state index contributed by atoms with van der Waals surface area (Å²) >= 11 is 8.16. The molecule has 5 rings (SSSR count). The number of thiol groups is 2. The predicted octanol–water partition coefficient (Wildman–Crippen LogP) is 0.196. The Morgan fingerprint density at radius 1 is 0.532 bits per heavy atom. The molecule has 0 aliphatic carbocycles. The van der Waals surface area contributed by atoms with E-state index in [4.69, 9.17) is 17.2 Å². The number of carbonyl (C=O) groups is 8. The molecule has 0 saturated carbocycles. The number of para-hydroxylation sites is 1. The van der Waals surface area contributed by atoms with Crippen LogP contribution in [0.15, 0.2) is 115 Å². The summed E-state index contributed by atoms with van der Waals surface area (Å²) in [5.74, 6) is -7.41. The highest BCUT2D eigenvalue weighted by atomic mass is 32.1. The zero-order valence-corrected chi connectivity index (χ0v) is 44.3. The maximum Gasteiger partial charge on any atom is 0.327 e.